The van der Waals surface area contributed by atoms with Crippen molar-refractivity contribution in [3.63, 3.8) is 0 Å². The number of benzene rings is 1. The number of nitrogens with one attached hydrogen (secondary N) is 1. The zero-order valence-corrected chi connectivity index (χ0v) is 9.88. The third kappa shape index (κ3) is 1.67. The SMILES string of the molecule is CC1(c2ccc3c(c2F)OCCO3)CCCN1. The molecule has 2 aliphatic heterocycles. The van der Waals surface area contributed by atoms with Crippen LogP contribution in [0.4, 0.5) is 4.39 Å². The van der Waals surface area contributed by atoms with Crippen molar-refractivity contribution in [3.05, 3.63) is 23.5 Å². The quantitative estimate of drug-likeness (QED) is 0.812. The highest BCUT2D eigenvalue weighted by molar-refractivity contribution is 5.47. The number of rotatable bonds is 1. The van der Waals surface area contributed by atoms with Gasteiger partial charge in [0, 0.05) is 11.1 Å². The van der Waals surface area contributed by atoms with Crippen molar-refractivity contribution in [2.75, 3.05) is 19.8 Å². The second-order valence-corrected chi connectivity index (χ2v) is 4.81. The van der Waals surface area contributed by atoms with Crippen molar-refractivity contribution in [3.8, 4) is 11.5 Å². The van der Waals surface area contributed by atoms with Crippen molar-refractivity contribution in [2.24, 2.45) is 0 Å². The second kappa shape index (κ2) is 3.88. The average molecular weight is 237 g/mol. The minimum atomic E-state index is -0.279. The molecule has 1 fully saturated rings. The molecular formula is C13H16FNO2. The Morgan fingerprint density at radius 3 is 2.88 bits per heavy atom. The Morgan fingerprint density at radius 1 is 1.29 bits per heavy atom. The summed E-state index contributed by atoms with van der Waals surface area (Å²) in [5.41, 5.74) is 0.402. The van der Waals surface area contributed by atoms with Gasteiger partial charge in [-0.3, -0.25) is 0 Å². The van der Waals surface area contributed by atoms with E-state index in [1.165, 1.54) is 0 Å². The Labute approximate surface area is 99.9 Å². The fourth-order valence-corrected chi connectivity index (χ4v) is 2.63. The maximum atomic E-state index is 14.4. The molecule has 2 aliphatic rings. The zero-order chi connectivity index (χ0) is 11.9. The van der Waals surface area contributed by atoms with E-state index in [4.69, 9.17) is 9.47 Å². The highest BCUT2D eigenvalue weighted by atomic mass is 19.1. The Kier molecular flexibility index (Phi) is 2.47. The van der Waals surface area contributed by atoms with Crippen LogP contribution >= 0.6 is 0 Å². The van der Waals surface area contributed by atoms with Crippen molar-refractivity contribution in [1.29, 1.82) is 0 Å². The molecule has 1 unspecified atom stereocenters. The first-order valence-electron chi connectivity index (χ1n) is 6.04. The normalized spacial score (nSPS) is 27.2. The van der Waals surface area contributed by atoms with Crippen LogP contribution in [0, 0.1) is 5.82 Å². The Hall–Kier alpha value is -1.29. The molecule has 3 rings (SSSR count). The predicted molar refractivity (Wildman–Crippen MR) is 62.0 cm³/mol. The molecule has 0 amide bonds. The first kappa shape index (κ1) is 10.8. The Bertz CT molecular complexity index is 441. The van der Waals surface area contributed by atoms with Gasteiger partial charge in [0.25, 0.3) is 0 Å². The topological polar surface area (TPSA) is 30.5 Å². The van der Waals surface area contributed by atoms with Crippen LogP contribution in [0.25, 0.3) is 0 Å². The smallest absolute Gasteiger partial charge is 0.197 e. The van der Waals surface area contributed by atoms with E-state index in [0.29, 0.717) is 24.5 Å². The molecule has 3 nitrogen and oxygen atoms in total. The Balaban J connectivity index is 2.06. The van der Waals surface area contributed by atoms with Crippen LogP contribution in [-0.4, -0.2) is 19.8 Å². The fourth-order valence-electron chi connectivity index (χ4n) is 2.63. The third-order valence-electron chi connectivity index (χ3n) is 3.61. The van der Waals surface area contributed by atoms with Gasteiger partial charge in [-0.2, -0.15) is 0 Å². The van der Waals surface area contributed by atoms with Crippen molar-refractivity contribution in [2.45, 2.75) is 25.3 Å². The summed E-state index contributed by atoms with van der Waals surface area (Å²) in [6.45, 7) is 3.87. The Morgan fingerprint density at radius 2 is 2.12 bits per heavy atom. The number of hydrogen-bond acceptors (Lipinski definition) is 3. The fraction of sp³-hybridized carbons (Fsp3) is 0.538. The van der Waals surface area contributed by atoms with Gasteiger partial charge in [0.05, 0.1) is 0 Å². The summed E-state index contributed by atoms with van der Waals surface area (Å²) in [4.78, 5) is 0. The molecule has 0 aromatic heterocycles. The van der Waals surface area contributed by atoms with E-state index in [0.717, 1.165) is 19.4 Å². The van der Waals surface area contributed by atoms with Gasteiger partial charge in [-0.25, -0.2) is 4.39 Å². The van der Waals surface area contributed by atoms with Gasteiger partial charge < -0.3 is 14.8 Å². The lowest BCUT2D eigenvalue weighted by Crippen LogP contribution is -2.34. The largest absolute Gasteiger partial charge is 0.486 e. The van der Waals surface area contributed by atoms with E-state index in [9.17, 15) is 4.39 Å². The first-order valence-corrected chi connectivity index (χ1v) is 6.04. The summed E-state index contributed by atoms with van der Waals surface area (Å²) >= 11 is 0. The second-order valence-electron chi connectivity index (χ2n) is 4.81. The number of ether oxygens (including phenoxy) is 2. The molecule has 0 aliphatic carbocycles. The van der Waals surface area contributed by atoms with Gasteiger partial charge in [0.2, 0.25) is 0 Å². The van der Waals surface area contributed by atoms with Crippen LogP contribution in [0.15, 0.2) is 12.1 Å². The number of fused-ring (bicyclic) bond motifs is 1. The molecule has 0 saturated carbocycles. The lowest BCUT2D eigenvalue weighted by Gasteiger charge is -2.28. The molecular weight excluding hydrogens is 221 g/mol. The molecule has 1 atom stereocenters. The highest BCUT2D eigenvalue weighted by Crippen LogP contribution is 2.40. The summed E-state index contributed by atoms with van der Waals surface area (Å²) < 4.78 is 25.1. The van der Waals surface area contributed by atoms with Crippen LogP contribution in [-0.2, 0) is 5.54 Å². The lowest BCUT2D eigenvalue weighted by molar-refractivity contribution is 0.163. The van der Waals surface area contributed by atoms with Gasteiger partial charge in [0.15, 0.2) is 17.3 Å². The maximum absolute atomic E-state index is 14.4. The molecule has 92 valence electrons. The van der Waals surface area contributed by atoms with Crippen LogP contribution in [0.2, 0.25) is 0 Å². The molecule has 4 heteroatoms. The summed E-state index contributed by atoms with van der Waals surface area (Å²) in [5.74, 6) is 0.502. The summed E-state index contributed by atoms with van der Waals surface area (Å²) in [7, 11) is 0. The van der Waals surface area contributed by atoms with Crippen LogP contribution in [0.3, 0.4) is 0 Å². The van der Waals surface area contributed by atoms with E-state index >= 15 is 0 Å². The molecule has 0 spiro atoms. The van der Waals surface area contributed by atoms with E-state index < -0.39 is 0 Å². The summed E-state index contributed by atoms with van der Waals surface area (Å²) in [5, 5.41) is 3.36. The summed E-state index contributed by atoms with van der Waals surface area (Å²) in [6, 6.07) is 3.61. The number of hydrogen-bond donors (Lipinski definition) is 1. The lowest BCUT2D eigenvalue weighted by atomic mass is 9.89. The van der Waals surface area contributed by atoms with Crippen LogP contribution in [0.5, 0.6) is 11.5 Å². The predicted octanol–water partition coefficient (Wildman–Crippen LogP) is 2.20. The van der Waals surface area contributed by atoms with Gasteiger partial charge >= 0.3 is 0 Å². The van der Waals surface area contributed by atoms with E-state index in [1.54, 1.807) is 12.1 Å². The first-order chi connectivity index (χ1) is 8.21. The minimum absolute atomic E-state index is 0.267. The summed E-state index contributed by atoms with van der Waals surface area (Å²) in [6.07, 6.45) is 2.02. The molecule has 1 aromatic carbocycles. The average Bonchev–Trinajstić information content (AvgIpc) is 2.78. The molecule has 0 radical (unpaired) electrons. The van der Waals surface area contributed by atoms with Gasteiger partial charge in [-0.15, -0.1) is 0 Å². The van der Waals surface area contributed by atoms with Crippen molar-refractivity contribution in [1.82, 2.24) is 5.32 Å². The van der Waals surface area contributed by atoms with E-state index in [1.807, 2.05) is 6.92 Å². The standard InChI is InChI=1S/C13H16FNO2/c1-13(5-2-6-15-13)9-3-4-10-12(11(9)14)17-8-7-16-10/h3-4,15H,2,5-8H2,1H3. The molecule has 0 bridgehead atoms. The minimum Gasteiger partial charge on any atom is -0.486 e. The number of halogens is 1. The van der Waals surface area contributed by atoms with Crippen LogP contribution in [0.1, 0.15) is 25.3 Å². The van der Waals surface area contributed by atoms with Crippen molar-refractivity contribution >= 4 is 0 Å². The monoisotopic (exact) mass is 237 g/mol. The van der Waals surface area contributed by atoms with Gasteiger partial charge in [-0.1, -0.05) is 6.07 Å². The van der Waals surface area contributed by atoms with Gasteiger partial charge in [-0.05, 0) is 32.4 Å². The molecule has 1 aromatic rings. The zero-order valence-electron chi connectivity index (χ0n) is 9.88. The maximum Gasteiger partial charge on any atom is 0.197 e. The van der Waals surface area contributed by atoms with Crippen LogP contribution < -0.4 is 14.8 Å². The third-order valence-corrected chi connectivity index (χ3v) is 3.61. The van der Waals surface area contributed by atoms with E-state index in [-0.39, 0.29) is 17.1 Å². The molecule has 17 heavy (non-hydrogen) atoms. The molecule has 2 heterocycles. The van der Waals surface area contributed by atoms with E-state index in [2.05, 4.69) is 5.32 Å². The van der Waals surface area contributed by atoms with Gasteiger partial charge in [0.1, 0.15) is 13.2 Å². The molecule has 1 saturated heterocycles. The van der Waals surface area contributed by atoms with Crippen molar-refractivity contribution < 1.29 is 13.9 Å². The molecule has 1 N–H and O–H groups in total. The highest BCUT2D eigenvalue weighted by Gasteiger charge is 2.34.